The molecular weight excluding hydrogens is 520 g/mol. The van der Waals surface area contributed by atoms with Crippen molar-refractivity contribution < 1.29 is 33.8 Å². The van der Waals surface area contributed by atoms with Crippen LogP contribution in [0.3, 0.4) is 0 Å². The van der Waals surface area contributed by atoms with Gasteiger partial charge in [-0.1, -0.05) is 39.8 Å². The van der Waals surface area contributed by atoms with Crippen molar-refractivity contribution in [3.8, 4) is 11.5 Å². The summed E-state index contributed by atoms with van der Waals surface area (Å²) in [5.74, 6) is -1.58. The molecule has 39 heavy (non-hydrogen) atoms. The van der Waals surface area contributed by atoms with E-state index in [9.17, 15) is 24.3 Å². The number of Topliss-reactive ketones (excluding diaryl/α,β-unsaturated/α-hetero) is 1. The van der Waals surface area contributed by atoms with Gasteiger partial charge in [0.1, 0.15) is 17.5 Å². The van der Waals surface area contributed by atoms with Crippen LogP contribution in [0.2, 0.25) is 0 Å². The van der Waals surface area contributed by atoms with Crippen molar-refractivity contribution in [2.24, 2.45) is 5.92 Å². The maximum absolute atomic E-state index is 13.1. The van der Waals surface area contributed by atoms with Gasteiger partial charge in [-0.25, -0.2) is 0 Å². The lowest BCUT2D eigenvalue weighted by atomic mass is 10.0. The Morgan fingerprint density at radius 1 is 0.923 bits per heavy atom. The number of methoxy groups -OCH3 is 2. The summed E-state index contributed by atoms with van der Waals surface area (Å²) in [5.41, 5.74) is 1.75. The number of carboxylic acids is 1. The van der Waals surface area contributed by atoms with Crippen LogP contribution >= 0.6 is 11.8 Å². The second-order valence-electron chi connectivity index (χ2n) is 9.78. The predicted octanol–water partition coefficient (Wildman–Crippen LogP) is 3.83. The van der Waals surface area contributed by atoms with Crippen molar-refractivity contribution in [1.29, 1.82) is 0 Å². The van der Waals surface area contributed by atoms with Crippen LogP contribution in [-0.2, 0) is 25.6 Å². The summed E-state index contributed by atoms with van der Waals surface area (Å²) in [4.78, 5) is 51.3. The molecule has 9 nitrogen and oxygen atoms in total. The van der Waals surface area contributed by atoms with E-state index in [-0.39, 0.29) is 18.1 Å². The monoisotopic (exact) mass is 558 g/mol. The first-order valence-corrected chi connectivity index (χ1v) is 13.7. The maximum Gasteiger partial charge on any atom is 0.305 e. The van der Waals surface area contributed by atoms with Gasteiger partial charge in [-0.3, -0.25) is 19.2 Å². The van der Waals surface area contributed by atoms with Crippen LogP contribution in [0, 0.1) is 5.92 Å². The molecule has 0 aliphatic carbocycles. The third kappa shape index (κ3) is 9.94. The fourth-order valence-corrected chi connectivity index (χ4v) is 4.68. The maximum atomic E-state index is 13.1. The molecule has 0 aliphatic rings. The SMILES string of the molecule is COc1ccc(OC)c(CC(=O)N[C@H](C(=O)N[C@@H](CC(=O)O)C(=O)CSc2ccc(C(C)C)cc2)C(C)C)c1. The van der Waals surface area contributed by atoms with Crippen LogP contribution in [0.15, 0.2) is 47.4 Å². The molecule has 0 radical (unpaired) electrons. The van der Waals surface area contributed by atoms with Gasteiger partial charge >= 0.3 is 5.97 Å². The first kappa shape index (κ1) is 31.7. The lowest BCUT2D eigenvalue weighted by molar-refractivity contribution is -0.140. The molecule has 10 heteroatoms. The van der Waals surface area contributed by atoms with Crippen LogP contribution in [-0.4, -0.2) is 60.7 Å². The normalized spacial score (nSPS) is 12.5. The number of carbonyl (C=O) groups excluding carboxylic acids is 3. The van der Waals surface area contributed by atoms with Crippen LogP contribution in [0.1, 0.15) is 51.2 Å². The predicted molar refractivity (Wildman–Crippen MR) is 150 cm³/mol. The Balaban J connectivity index is 2.08. The lowest BCUT2D eigenvalue weighted by Crippen LogP contribution is -2.54. The van der Waals surface area contributed by atoms with E-state index in [0.717, 1.165) is 4.90 Å². The Hall–Kier alpha value is -3.53. The molecule has 0 aromatic heterocycles. The summed E-state index contributed by atoms with van der Waals surface area (Å²) in [6, 6.07) is 10.7. The number of ether oxygens (including phenoxy) is 2. The number of aliphatic carboxylic acids is 1. The minimum absolute atomic E-state index is 0.00636. The number of rotatable bonds is 15. The van der Waals surface area contributed by atoms with E-state index in [1.165, 1.54) is 31.5 Å². The smallest absolute Gasteiger partial charge is 0.305 e. The average Bonchev–Trinajstić information content (AvgIpc) is 2.89. The molecule has 2 amide bonds. The Morgan fingerprint density at radius 3 is 2.13 bits per heavy atom. The number of carboxylic acid groups (broad SMARTS) is 1. The molecule has 0 fully saturated rings. The molecule has 0 aliphatic heterocycles. The molecule has 0 saturated heterocycles. The van der Waals surface area contributed by atoms with Crippen LogP contribution < -0.4 is 20.1 Å². The van der Waals surface area contributed by atoms with E-state index in [0.29, 0.717) is 23.0 Å². The van der Waals surface area contributed by atoms with Crippen molar-refractivity contribution >= 4 is 35.3 Å². The van der Waals surface area contributed by atoms with Crippen LogP contribution in [0.4, 0.5) is 0 Å². The first-order valence-electron chi connectivity index (χ1n) is 12.7. The van der Waals surface area contributed by atoms with Crippen molar-refractivity contribution in [1.82, 2.24) is 10.6 Å². The van der Waals surface area contributed by atoms with Gasteiger partial charge in [-0.15, -0.1) is 11.8 Å². The van der Waals surface area contributed by atoms with Gasteiger partial charge in [0.05, 0.1) is 38.9 Å². The fraction of sp³-hybridized carbons (Fsp3) is 0.448. The Morgan fingerprint density at radius 2 is 1.59 bits per heavy atom. The number of nitrogens with one attached hydrogen (secondary N) is 2. The number of thioether (sulfide) groups is 1. The van der Waals surface area contributed by atoms with Crippen molar-refractivity contribution in [2.45, 2.75) is 63.4 Å². The van der Waals surface area contributed by atoms with Gasteiger partial charge in [-0.05, 0) is 47.7 Å². The average molecular weight is 559 g/mol. The van der Waals surface area contributed by atoms with Gasteiger partial charge in [0.2, 0.25) is 11.8 Å². The molecule has 2 aromatic carbocycles. The zero-order valence-electron chi connectivity index (χ0n) is 23.3. The van der Waals surface area contributed by atoms with Gasteiger partial charge in [-0.2, -0.15) is 0 Å². The van der Waals surface area contributed by atoms with E-state index < -0.39 is 42.1 Å². The zero-order valence-corrected chi connectivity index (χ0v) is 24.1. The minimum atomic E-state index is -1.23. The van der Waals surface area contributed by atoms with Crippen LogP contribution in [0.25, 0.3) is 0 Å². The third-order valence-electron chi connectivity index (χ3n) is 6.12. The molecule has 0 heterocycles. The molecule has 3 N–H and O–H groups in total. The Labute approximate surface area is 234 Å². The molecule has 2 atom stereocenters. The lowest BCUT2D eigenvalue weighted by Gasteiger charge is -2.25. The summed E-state index contributed by atoms with van der Waals surface area (Å²) >= 11 is 1.28. The molecule has 2 aromatic rings. The summed E-state index contributed by atoms with van der Waals surface area (Å²) in [6.45, 7) is 7.68. The molecule has 212 valence electrons. The Bertz CT molecular complexity index is 1150. The second kappa shape index (κ2) is 15.2. The van der Waals surface area contributed by atoms with Gasteiger partial charge < -0.3 is 25.2 Å². The quantitative estimate of drug-likeness (QED) is 0.281. The van der Waals surface area contributed by atoms with Gasteiger partial charge in [0.15, 0.2) is 5.78 Å². The highest BCUT2D eigenvalue weighted by Crippen LogP contribution is 2.25. The molecule has 2 rings (SSSR count). The van der Waals surface area contributed by atoms with Crippen molar-refractivity contribution in [2.75, 3.05) is 20.0 Å². The molecular formula is C29H38N2O7S. The van der Waals surface area contributed by atoms with Crippen molar-refractivity contribution in [3.05, 3.63) is 53.6 Å². The van der Waals surface area contributed by atoms with E-state index in [1.807, 2.05) is 24.3 Å². The van der Waals surface area contributed by atoms with Crippen LogP contribution in [0.5, 0.6) is 11.5 Å². The molecule has 0 spiro atoms. The summed E-state index contributed by atoms with van der Waals surface area (Å²) in [5, 5.41) is 14.6. The molecule has 0 bridgehead atoms. The standard InChI is InChI=1S/C29H38N2O7S/c1-17(2)19-7-10-22(11-8-19)39-16-24(32)23(15-27(34)35)30-29(36)28(18(3)4)31-26(33)14-20-13-21(37-5)9-12-25(20)38-6/h7-13,17-18,23,28H,14-16H2,1-6H3,(H,30,36)(H,31,33)(H,34,35)/t23-,28-/m0/s1. The third-order valence-corrected chi connectivity index (χ3v) is 7.15. The number of amides is 2. The first-order chi connectivity index (χ1) is 18.4. The number of hydrogen-bond donors (Lipinski definition) is 3. The summed E-state index contributed by atoms with van der Waals surface area (Å²) in [6.07, 6.45) is -0.627. The zero-order chi connectivity index (χ0) is 29.1. The van der Waals surface area contributed by atoms with E-state index in [2.05, 4.69) is 24.5 Å². The van der Waals surface area contributed by atoms with E-state index in [4.69, 9.17) is 9.47 Å². The largest absolute Gasteiger partial charge is 0.497 e. The van der Waals surface area contributed by atoms with Gasteiger partial charge in [0.25, 0.3) is 0 Å². The topological polar surface area (TPSA) is 131 Å². The molecule has 0 unspecified atom stereocenters. The van der Waals surface area contributed by atoms with Gasteiger partial charge in [0, 0.05) is 10.5 Å². The number of benzene rings is 2. The minimum Gasteiger partial charge on any atom is -0.497 e. The number of hydrogen-bond acceptors (Lipinski definition) is 7. The highest BCUT2D eigenvalue weighted by molar-refractivity contribution is 8.00. The highest BCUT2D eigenvalue weighted by Gasteiger charge is 2.30. The van der Waals surface area contributed by atoms with E-state index >= 15 is 0 Å². The summed E-state index contributed by atoms with van der Waals surface area (Å²) < 4.78 is 10.5. The Kier molecular flexibility index (Phi) is 12.3. The molecule has 0 saturated carbocycles. The van der Waals surface area contributed by atoms with Crippen molar-refractivity contribution in [3.63, 3.8) is 0 Å². The van der Waals surface area contributed by atoms with E-state index in [1.54, 1.807) is 32.0 Å². The summed E-state index contributed by atoms with van der Waals surface area (Å²) in [7, 11) is 3.01. The number of ketones is 1. The fourth-order valence-electron chi connectivity index (χ4n) is 3.84. The number of carbonyl (C=O) groups is 4. The highest BCUT2D eigenvalue weighted by atomic mass is 32.2. The second-order valence-corrected chi connectivity index (χ2v) is 10.8.